The first-order valence-electron chi connectivity index (χ1n) is 12.5. The Hall–Kier alpha value is -3.51. The number of carbonyl (C=O) groups excluding carboxylic acids is 2. The number of nitrogens with one attached hydrogen (secondary N) is 1. The Morgan fingerprint density at radius 1 is 1.00 bits per heavy atom. The van der Waals surface area contributed by atoms with E-state index in [0.29, 0.717) is 23.4 Å². The van der Waals surface area contributed by atoms with Crippen LogP contribution in [0.25, 0.3) is 11.1 Å². The molecule has 13 heteroatoms. The van der Waals surface area contributed by atoms with Crippen LogP contribution in [0.2, 0.25) is 5.15 Å². The summed E-state index contributed by atoms with van der Waals surface area (Å²) >= 11 is 6.03. The van der Waals surface area contributed by atoms with Gasteiger partial charge in [-0.05, 0) is 69.5 Å². The number of carbonyl (C=O) groups is 2. The van der Waals surface area contributed by atoms with Gasteiger partial charge in [-0.1, -0.05) is 35.9 Å². The minimum atomic E-state index is -4.92. The van der Waals surface area contributed by atoms with Crippen LogP contribution in [-0.4, -0.2) is 41.8 Å². The summed E-state index contributed by atoms with van der Waals surface area (Å²) in [4.78, 5) is 24.2. The van der Waals surface area contributed by atoms with Crippen LogP contribution >= 0.6 is 11.6 Å². The Morgan fingerprint density at radius 3 is 2.32 bits per heavy atom. The van der Waals surface area contributed by atoms with Crippen LogP contribution in [0.1, 0.15) is 60.8 Å². The SMILES string of the molecule is Cc1ccccc1-c1cc(Cl)nnc1CNC(=O)c1cc(C(F)(F)F)cc(S(=O)(=O)CCCC(=O)OC(C)(C)C)c1. The number of amides is 1. The zero-order valence-electron chi connectivity index (χ0n) is 22.8. The third kappa shape index (κ3) is 8.99. The van der Waals surface area contributed by atoms with Gasteiger partial charge in [0, 0.05) is 17.5 Å². The molecule has 0 bridgehead atoms. The summed E-state index contributed by atoms with van der Waals surface area (Å²) in [5.74, 6) is -2.20. The van der Waals surface area contributed by atoms with Gasteiger partial charge in [-0.2, -0.15) is 18.3 Å². The van der Waals surface area contributed by atoms with Crippen molar-refractivity contribution in [1.82, 2.24) is 15.5 Å². The van der Waals surface area contributed by atoms with Gasteiger partial charge in [-0.25, -0.2) is 8.42 Å². The first kappa shape index (κ1) is 32.0. The third-order valence-corrected chi connectivity index (χ3v) is 7.73. The number of hydrogen-bond acceptors (Lipinski definition) is 7. The molecule has 0 unspecified atom stereocenters. The molecule has 0 saturated carbocycles. The quantitative estimate of drug-likeness (QED) is 0.297. The maximum Gasteiger partial charge on any atom is 0.416 e. The van der Waals surface area contributed by atoms with E-state index in [-0.39, 0.29) is 24.5 Å². The molecule has 1 heterocycles. The summed E-state index contributed by atoms with van der Waals surface area (Å²) in [7, 11) is -4.28. The van der Waals surface area contributed by atoms with Crippen molar-refractivity contribution in [2.24, 2.45) is 0 Å². The van der Waals surface area contributed by atoms with E-state index in [1.165, 1.54) is 0 Å². The minimum absolute atomic E-state index is 0.109. The molecule has 3 rings (SSSR count). The Bertz CT molecular complexity index is 1550. The molecule has 1 amide bonds. The number of benzene rings is 2. The second-order valence-electron chi connectivity index (χ2n) is 10.3. The Kier molecular flexibility index (Phi) is 9.81. The molecule has 0 atom stereocenters. The molecule has 0 fully saturated rings. The summed E-state index contributed by atoms with van der Waals surface area (Å²) in [6.07, 6.45) is -5.34. The van der Waals surface area contributed by atoms with Gasteiger partial charge in [0.15, 0.2) is 15.0 Å². The van der Waals surface area contributed by atoms with Crippen molar-refractivity contribution in [3.05, 3.63) is 76.1 Å². The number of aryl methyl sites for hydroxylation is 1. The third-order valence-electron chi connectivity index (χ3n) is 5.76. The van der Waals surface area contributed by atoms with E-state index in [2.05, 4.69) is 15.5 Å². The van der Waals surface area contributed by atoms with Gasteiger partial charge in [0.25, 0.3) is 5.91 Å². The van der Waals surface area contributed by atoms with E-state index in [9.17, 15) is 31.2 Å². The Morgan fingerprint density at radius 2 is 1.68 bits per heavy atom. The van der Waals surface area contributed by atoms with Gasteiger partial charge in [0.05, 0.1) is 28.5 Å². The smallest absolute Gasteiger partial charge is 0.416 e. The lowest BCUT2D eigenvalue weighted by Gasteiger charge is -2.19. The molecular weight excluding hydrogens is 583 g/mol. The lowest BCUT2D eigenvalue weighted by atomic mass is 10.00. The number of aromatic nitrogens is 2. The van der Waals surface area contributed by atoms with Crippen molar-refractivity contribution in [2.45, 2.75) is 63.8 Å². The Labute approximate surface area is 241 Å². The van der Waals surface area contributed by atoms with Crippen LogP contribution < -0.4 is 5.32 Å². The van der Waals surface area contributed by atoms with E-state index >= 15 is 0 Å². The highest BCUT2D eigenvalue weighted by molar-refractivity contribution is 7.91. The van der Waals surface area contributed by atoms with Crippen molar-refractivity contribution in [2.75, 3.05) is 5.75 Å². The van der Waals surface area contributed by atoms with Crippen molar-refractivity contribution in [3.8, 4) is 11.1 Å². The normalized spacial score (nSPS) is 12.2. The summed E-state index contributed by atoms with van der Waals surface area (Å²) in [6.45, 7) is 6.60. The molecule has 0 aliphatic heterocycles. The monoisotopic (exact) mass is 611 g/mol. The van der Waals surface area contributed by atoms with E-state index < -0.39 is 55.3 Å². The highest BCUT2D eigenvalue weighted by atomic mass is 35.5. The van der Waals surface area contributed by atoms with Crippen molar-refractivity contribution in [1.29, 1.82) is 0 Å². The van der Waals surface area contributed by atoms with Gasteiger partial charge in [-0.3, -0.25) is 9.59 Å². The van der Waals surface area contributed by atoms with Gasteiger partial charge < -0.3 is 10.1 Å². The fourth-order valence-electron chi connectivity index (χ4n) is 3.89. The molecule has 0 spiro atoms. The van der Waals surface area contributed by atoms with E-state index in [4.69, 9.17) is 16.3 Å². The van der Waals surface area contributed by atoms with Crippen molar-refractivity contribution >= 4 is 33.3 Å². The molecule has 0 saturated heterocycles. The van der Waals surface area contributed by atoms with E-state index in [1.807, 2.05) is 25.1 Å². The first-order valence-corrected chi connectivity index (χ1v) is 14.5. The highest BCUT2D eigenvalue weighted by Crippen LogP contribution is 2.32. The maximum atomic E-state index is 13.7. The maximum absolute atomic E-state index is 13.7. The molecular formula is C28H29ClF3N3O5S. The highest BCUT2D eigenvalue weighted by Gasteiger charge is 2.33. The van der Waals surface area contributed by atoms with Gasteiger partial charge in [0.2, 0.25) is 0 Å². The number of sulfone groups is 1. The summed E-state index contributed by atoms with van der Waals surface area (Å²) in [6, 6.07) is 10.8. The zero-order chi connectivity index (χ0) is 30.6. The fourth-order valence-corrected chi connectivity index (χ4v) is 5.41. The van der Waals surface area contributed by atoms with E-state index in [1.54, 1.807) is 32.9 Å². The molecule has 0 radical (unpaired) electrons. The van der Waals surface area contributed by atoms with Crippen LogP contribution in [0.3, 0.4) is 0 Å². The number of esters is 1. The predicted octanol–water partition coefficient (Wildman–Crippen LogP) is 5.95. The lowest BCUT2D eigenvalue weighted by Crippen LogP contribution is -2.25. The topological polar surface area (TPSA) is 115 Å². The fraction of sp³-hybridized carbons (Fsp3) is 0.357. The standard InChI is InChI=1S/C28H29ClF3N3O5S/c1-17-8-5-6-9-21(17)22-15-24(29)35-34-23(22)16-33-26(37)18-12-19(28(30,31)32)14-20(13-18)41(38,39)11-7-10-25(36)40-27(2,3)4/h5-6,8-9,12-15H,7,10-11,16H2,1-4H3,(H,33,37). The number of ether oxygens (including phenoxy) is 1. The molecule has 8 nitrogen and oxygen atoms in total. The van der Waals surface area contributed by atoms with Crippen LogP contribution in [0.4, 0.5) is 13.2 Å². The molecule has 0 aliphatic rings. The van der Waals surface area contributed by atoms with Gasteiger partial charge in [0.1, 0.15) is 5.60 Å². The first-order chi connectivity index (χ1) is 19.0. The van der Waals surface area contributed by atoms with Crippen LogP contribution in [0.5, 0.6) is 0 Å². The molecule has 1 aromatic heterocycles. The van der Waals surface area contributed by atoms with Gasteiger partial charge in [-0.15, -0.1) is 5.10 Å². The van der Waals surface area contributed by atoms with Crippen LogP contribution in [0, 0.1) is 6.92 Å². The van der Waals surface area contributed by atoms with Crippen molar-refractivity contribution < 1.29 is 35.9 Å². The average molecular weight is 612 g/mol. The average Bonchev–Trinajstić information content (AvgIpc) is 2.86. The second-order valence-corrected chi connectivity index (χ2v) is 12.8. The molecule has 2 aromatic carbocycles. The summed E-state index contributed by atoms with van der Waals surface area (Å²) < 4.78 is 72.0. The molecule has 3 aromatic rings. The van der Waals surface area contributed by atoms with Crippen molar-refractivity contribution in [3.63, 3.8) is 0 Å². The summed E-state index contributed by atoms with van der Waals surface area (Å²) in [5, 5.41) is 10.4. The molecule has 0 aliphatic carbocycles. The summed E-state index contributed by atoms with van der Waals surface area (Å²) in [5.41, 5.74) is -0.0411. The number of hydrogen-bond donors (Lipinski definition) is 1. The molecule has 41 heavy (non-hydrogen) atoms. The number of alkyl halides is 3. The molecule has 220 valence electrons. The molecule has 1 N–H and O–H groups in total. The lowest BCUT2D eigenvalue weighted by molar-refractivity contribution is -0.154. The van der Waals surface area contributed by atoms with Gasteiger partial charge >= 0.3 is 12.1 Å². The van der Waals surface area contributed by atoms with Crippen LogP contribution in [-0.2, 0) is 32.1 Å². The zero-order valence-corrected chi connectivity index (χ0v) is 24.4. The van der Waals surface area contributed by atoms with E-state index in [0.717, 1.165) is 17.2 Å². The Balaban J connectivity index is 1.85. The predicted molar refractivity (Wildman–Crippen MR) is 147 cm³/mol. The number of nitrogens with zero attached hydrogens (tertiary/aromatic N) is 2. The number of halogens is 4. The van der Waals surface area contributed by atoms with Crippen LogP contribution in [0.15, 0.2) is 53.4 Å². The number of rotatable bonds is 9. The second kappa shape index (κ2) is 12.6. The largest absolute Gasteiger partial charge is 0.460 e. The minimum Gasteiger partial charge on any atom is -0.460 e.